The van der Waals surface area contributed by atoms with Crippen LogP contribution >= 0.6 is 31.9 Å². The Balaban J connectivity index is 1.86. The maximum Gasteiger partial charge on any atom is 0.255 e. The third-order valence-corrected chi connectivity index (χ3v) is 4.77. The van der Waals surface area contributed by atoms with E-state index in [4.69, 9.17) is 4.42 Å². The van der Waals surface area contributed by atoms with Crippen molar-refractivity contribution in [3.63, 3.8) is 0 Å². The molecule has 1 aromatic rings. The van der Waals surface area contributed by atoms with Gasteiger partial charge in [-0.1, -0.05) is 22.4 Å². The van der Waals surface area contributed by atoms with E-state index in [1.54, 1.807) is 6.07 Å². The fourth-order valence-electron chi connectivity index (χ4n) is 2.00. The number of amides is 1. The molecule has 0 aliphatic heterocycles. The van der Waals surface area contributed by atoms with Gasteiger partial charge in [0.1, 0.15) is 0 Å². The molecule has 0 radical (unpaired) electrons. The molecule has 5 heteroatoms. The lowest BCUT2D eigenvalue weighted by molar-refractivity contribution is 0.0946. The Morgan fingerprint density at radius 3 is 2.94 bits per heavy atom. The van der Waals surface area contributed by atoms with Crippen molar-refractivity contribution in [1.29, 1.82) is 0 Å². The second-order valence-corrected chi connectivity index (χ2v) is 5.92. The number of furan rings is 1. The predicted molar refractivity (Wildman–Crippen MR) is 68.8 cm³/mol. The molecule has 2 unspecified atom stereocenters. The van der Waals surface area contributed by atoms with Crippen LogP contribution in [0.2, 0.25) is 0 Å². The largest absolute Gasteiger partial charge is 0.457 e. The maximum atomic E-state index is 11.8. The number of halogens is 2. The van der Waals surface area contributed by atoms with Crippen LogP contribution in [0.3, 0.4) is 0 Å². The Hall–Kier alpha value is -0.290. The first-order valence-corrected chi connectivity index (χ1v) is 7.04. The Morgan fingerprint density at radius 2 is 2.38 bits per heavy atom. The van der Waals surface area contributed by atoms with Crippen molar-refractivity contribution in [2.24, 2.45) is 5.92 Å². The fraction of sp³-hybridized carbons (Fsp3) is 0.545. The van der Waals surface area contributed by atoms with Crippen LogP contribution in [0.25, 0.3) is 0 Å². The molecule has 1 heterocycles. The Kier molecular flexibility index (Phi) is 4.08. The average molecular weight is 351 g/mol. The highest BCUT2D eigenvalue weighted by Gasteiger charge is 2.25. The van der Waals surface area contributed by atoms with Gasteiger partial charge < -0.3 is 9.73 Å². The summed E-state index contributed by atoms with van der Waals surface area (Å²) in [5.41, 5.74) is 0.559. The van der Waals surface area contributed by atoms with E-state index in [2.05, 4.69) is 37.2 Å². The topological polar surface area (TPSA) is 42.2 Å². The molecule has 16 heavy (non-hydrogen) atoms. The molecule has 1 saturated carbocycles. The zero-order valence-corrected chi connectivity index (χ0v) is 11.9. The first kappa shape index (κ1) is 12.2. The van der Waals surface area contributed by atoms with Gasteiger partial charge in [0, 0.05) is 11.4 Å². The third kappa shape index (κ3) is 2.69. The summed E-state index contributed by atoms with van der Waals surface area (Å²) in [6.07, 6.45) is 5.13. The van der Waals surface area contributed by atoms with E-state index in [1.807, 2.05) is 0 Å². The maximum absolute atomic E-state index is 11.8. The van der Waals surface area contributed by atoms with Gasteiger partial charge in [0.15, 0.2) is 4.67 Å². The SMILES string of the molecule is O=C(NCC1CCCC1Br)c1ccoc1Br. The van der Waals surface area contributed by atoms with Gasteiger partial charge in [-0.25, -0.2) is 0 Å². The Labute approximate surface area is 111 Å². The molecule has 1 aromatic heterocycles. The van der Waals surface area contributed by atoms with Crippen LogP contribution in [-0.2, 0) is 0 Å². The smallest absolute Gasteiger partial charge is 0.255 e. The highest BCUT2D eigenvalue weighted by molar-refractivity contribution is 9.10. The number of hydrogen-bond acceptors (Lipinski definition) is 2. The molecule has 2 atom stereocenters. The number of carbonyl (C=O) groups excluding carboxylic acids is 1. The van der Waals surface area contributed by atoms with Crippen LogP contribution < -0.4 is 5.32 Å². The summed E-state index contributed by atoms with van der Waals surface area (Å²) >= 11 is 6.83. The van der Waals surface area contributed by atoms with Gasteiger partial charge in [-0.15, -0.1) is 0 Å². The van der Waals surface area contributed by atoms with Crippen molar-refractivity contribution < 1.29 is 9.21 Å². The number of hydrogen-bond donors (Lipinski definition) is 1. The van der Waals surface area contributed by atoms with Gasteiger partial charge in [-0.05, 0) is 40.8 Å². The summed E-state index contributed by atoms with van der Waals surface area (Å²) in [6, 6.07) is 1.67. The lowest BCUT2D eigenvalue weighted by atomic mass is 10.1. The summed E-state index contributed by atoms with van der Waals surface area (Å²) in [6.45, 7) is 0.729. The second kappa shape index (κ2) is 5.36. The number of nitrogens with one attached hydrogen (secondary N) is 1. The quantitative estimate of drug-likeness (QED) is 0.849. The van der Waals surface area contributed by atoms with Crippen molar-refractivity contribution in [2.75, 3.05) is 6.54 Å². The standard InChI is InChI=1S/C11H13Br2NO2/c12-9-3-1-2-7(9)6-14-11(15)8-4-5-16-10(8)13/h4-5,7,9H,1-3,6H2,(H,14,15). The zero-order chi connectivity index (χ0) is 11.5. The van der Waals surface area contributed by atoms with Crippen LogP contribution in [0.4, 0.5) is 0 Å². The monoisotopic (exact) mass is 349 g/mol. The normalized spacial score (nSPS) is 24.6. The highest BCUT2D eigenvalue weighted by atomic mass is 79.9. The molecule has 0 aromatic carbocycles. The minimum absolute atomic E-state index is 0.0766. The first-order chi connectivity index (χ1) is 7.68. The Morgan fingerprint density at radius 1 is 1.56 bits per heavy atom. The van der Waals surface area contributed by atoms with Crippen LogP contribution in [0.5, 0.6) is 0 Å². The van der Waals surface area contributed by atoms with Gasteiger partial charge in [0.25, 0.3) is 5.91 Å². The third-order valence-electron chi connectivity index (χ3n) is 2.95. The summed E-state index contributed by atoms with van der Waals surface area (Å²) in [5.74, 6) is 0.474. The molecule has 1 fully saturated rings. The molecule has 0 spiro atoms. The Bertz CT molecular complexity index is 378. The van der Waals surface area contributed by atoms with Gasteiger partial charge in [0.2, 0.25) is 0 Å². The first-order valence-electron chi connectivity index (χ1n) is 5.33. The minimum Gasteiger partial charge on any atom is -0.457 e. The highest BCUT2D eigenvalue weighted by Crippen LogP contribution is 2.30. The molecule has 1 aliphatic carbocycles. The van der Waals surface area contributed by atoms with E-state index < -0.39 is 0 Å². The van der Waals surface area contributed by atoms with Crippen molar-refractivity contribution in [3.05, 3.63) is 22.6 Å². The average Bonchev–Trinajstić information content (AvgIpc) is 2.84. The van der Waals surface area contributed by atoms with Gasteiger partial charge >= 0.3 is 0 Å². The lowest BCUT2D eigenvalue weighted by Gasteiger charge is -2.14. The van der Waals surface area contributed by atoms with E-state index in [0.717, 1.165) is 6.54 Å². The molecule has 0 bridgehead atoms. The van der Waals surface area contributed by atoms with E-state index >= 15 is 0 Å². The van der Waals surface area contributed by atoms with Crippen LogP contribution in [-0.4, -0.2) is 17.3 Å². The van der Waals surface area contributed by atoms with Gasteiger partial charge in [0.05, 0.1) is 11.8 Å². The molecule has 1 N–H and O–H groups in total. The number of carbonyl (C=O) groups is 1. The number of alkyl halides is 1. The molecule has 1 amide bonds. The van der Waals surface area contributed by atoms with Gasteiger partial charge in [-0.3, -0.25) is 4.79 Å². The van der Waals surface area contributed by atoms with Crippen molar-refractivity contribution in [3.8, 4) is 0 Å². The molecule has 3 nitrogen and oxygen atoms in total. The molecular formula is C11H13Br2NO2. The predicted octanol–water partition coefficient (Wildman–Crippen LogP) is 3.34. The van der Waals surface area contributed by atoms with Crippen molar-refractivity contribution in [1.82, 2.24) is 5.32 Å². The molecule has 2 rings (SSSR count). The zero-order valence-electron chi connectivity index (χ0n) is 8.71. The minimum atomic E-state index is -0.0766. The molecule has 1 aliphatic rings. The van der Waals surface area contributed by atoms with Crippen molar-refractivity contribution in [2.45, 2.75) is 24.1 Å². The van der Waals surface area contributed by atoms with Crippen LogP contribution in [0.1, 0.15) is 29.6 Å². The summed E-state index contributed by atoms with van der Waals surface area (Å²) in [7, 11) is 0. The summed E-state index contributed by atoms with van der Waals surface area (Å²) in [5, 5.41) is 2.94. The molecule has 88 valence electrons. The van der Waals surface area contributed by atoms with E-state index in [-0.39, 0.29) is 5.91 Å². The second-order valence-electron chi connectivity index (χ2n) is 4.02. The van der Waals surface area contributed by atoms with Crippen LogP contribution in [0.15, 0.2) is 21.4 Å². The van der Waals surface area contributed by atoms with Crippen LogP contribution in [0, 0.1) is 5.92 Å². The fourth-order valence-corrected chi connectivity index (χ4v) is 3.19. The van der Waals surface area contributed by atoms with Gasteiger partial charge in [-0.2, -0.15) is 0 Å². The summed E-state index contributed by atoms with van der Waals surface area (Å²) < 4.78 is 5.52. The molecular weight excluding hydrogens is 338 g/mol. The summed E-state index contributed by atoms with van der Waals surface area (Å²) in [4.78, 5) is 12.3. The molecule has 0 saturated heterocycles. The van der Waals surface area contributed by atoms with Crippen molar-refractivity contribution >= 4 is 37.8 Å². The lowest BCUT2D eigenvalue weighted by Crippen LogP contribution is -2.30. The van der Waals surface area contributed by atoms with E-state index in [9.17, 15) is 4.79 Å². The number of rotatable bonds is 3. The van der Waals surface area contributed by atoms with E-state index in [0.29, 0.717) is 21.0 Å². The van der Waals surface area contributed by atoms with E-state index in [1.165, 1.54) is 25.5 Å².